The second-order valence-electron chi connectivity index (χ2n) is 32.3. The molecule has 11 aliphatic rings. The van der Waals surface area contributed by atoms with Crippen molar-refractivity contribution in [2.45, 2.75) is 351 Å². The first-order chi connectivity index (χ1) is 60.7. The van der Waals surface area contributed by atoms with E-state index >= 15 is 0 Å². The number of rotatable bonds is 33. The quantitative estimate of drug-likeness (QED) is 0.0290. The molecule has 0 bridgehead atoms. The number of hydrogen-bond acceptors (Lipinski definition) is 56. The molecule has 11 heterocycles. The molecule has 0 saturated carbocycles. The third-order valence-corrected chi connectivity index (χ3v) is 23.8. The van der Waals surface area contributed by atoms with Gasteiger partial charge in [0.2, 0.25) is 11.8 Å². The summed E-state index contributed by atoms with van der Waals surface area (Å²) < 4.78 is 124. The van der Waals surface area contributed by atoms with Crippen LogP contribution < -0.4 is 10.6 Å². The van der Waals surface area contributed by atoms with Crippen molar-refractivity contribution in [2.24, 2.45) is 0 Å². The van der Waals surface area contributed by atoms with Crippen molar-refractivity contribution in [3.63, 3.8) is 0 Å². The number of amides is 2. The van der Waals surface area contributed by atoms with Gasteiger partial charge >= 0.3 is 0 Å². The van der Waals surface area contributed by atoms with Crippen molar-refractivity contribution < 1.29 is 278 Å². The van der Waals surface area contributed by atoms with Gasteiger partial charge in [0.05, 0.1) is 72.7 Å². The summed E-state index contributed by atoms with van der Waals surface area (Å²) in [5.74, 6) is -1.82. The van der Waals surface area contributed by atoms with Crippen LogP contribution >= 0.6 is 0 Å². The maximum atomic E-state index is 13.1. The molecule has 11 rings (SSSR count). The van der Waals surface area contributed by atoms with Crippen molar-refractivity contribution in [3.05, 3.63) is 0 Å². The van der Waals surface area contributed by atoms with E-state index in [2.05, 4.69) is 10.6 Å². The van der Waals surface area contributed by atoms with Crippen molar-refractivity contribution in [3.8, 4) is 0 Å². The Morgan fingerprint density at radius 3 is 0.773 bits per heavy atom. The van der Waals surface area contributed by atoms with Crippen molar-refractivity contribution in [2.75, 3.05) is 72.7 Å². The molecule has 35 N–H and O–H groups in total. The first kappa shape index (κ1) is 105. The molecular formula is C70H118N2O56. The normalized spacial score (nSPS) is 51.7. The number of aliphatic hydroxyl groups is 33. The van der Waals surface area contributed by atoms with E-state index in [0.717, 1.165) is 13.8 Å². The van der Waals surface area contributed by atoms with Crippen molar-refractivity contribution in [1.29, 1.82) is 0 Å². The molecule has 2 amide bonds. The fraction of sp³-hybridized carbons (Fsp3) is 0.971. The minimum Gasteiger partial charge on any atom is -0.394 e. The molecule has 0 spiro atoms. The van der Waals surface area contributed by atoms with Crippen LogP contribution in [0.15, 0.2) is 0 Å². The highest BCUT2D eigenvalue weighted by atomic mass is 16.8. The van der Waals surface area contributed by atoms with E-state index in [1.165, 1.54) is 0 Å². The van der Waals surface area contributed by atoms with E-state index in [4.69, 9.17) is 99.5 Å². The topological polar surface area (TPSA) is 920 Å². The number of nitrogens with one attached hydrogen (secondary N) is 2. The zero-order valence-corrected chi connectivity index (χ0v) is 67.7. The fourth-order valence-electron chi connectivity index (χ4n) is 16.5. The molecule has 11 aliphatic heterocycles. The minimum atomic E-state index is -2.69. The van der Waals surface area contributed by atoms with Crippen LogP contribution in [0.25, 0.3) is 0 Å². The minimum absolute atomic E-state index is 0.824. The van der Waals surface area contributed by atoms with Crippen LogP contribution in [-0.2, 0) is 109 Å². The Balaban J connectivity index is 0.961. The Labute approximate surface area is 722 Å². The zero-order valence-electron chi connectivity index (χ0n) is 67.7. The number of carbonyl (C=O) groups is 2. The monoisotopic (exact) mass is 1880 g/mol. The van der Waals surface area contributed by atoms with Crippen molar-refractivity contribution >= 4 is 11.8 Å². The van der Waals surface area contributed by atoms with E-state index < -0.39 is 422 Å². The molecule has 0 aliphatic carbocycles. The van der Waals surface area contributed by atoms with Gasteiger partial charge in [-0.2, -0.15) is 0 Å². The van der Waals surface area contributed by atoms with E-state index in [1.54, 1.807) is 0 Å². The summed E-state index contributed by atoms with van der Waals surface area (Å²) in [5.41, 5.74) is 0. The summed E-state index contributed by atoms with van der Waals surface area (Å²) in [5, 5.41) is 372. The Kier molecular flexibility index (Phi) is 37.7. The molecule has 0 aromatic heterocycles. The van der Waals surface area contributed by atoms with Gasteiger partial charge in [-0.05, 0) is 0 Å². The highest BCUT2D eigenvalue weighted by Gasteiger charge is 2.62. The zero-order chi connectivity index (χ0) is 94.0. The Bertz CT molecular complexity index is 3380. The van der Waals surface area contributed by atoms with Crippen LogP contribution in [0, 0.1) is 0 Å². The average molecular weight is 1880 g/mol. The van der Waals surface area contributed by atoms with E-state index in [1.807, 2.05) is 0 Å². The summed E-state index contributed by atoms with van der Waals surface area (Å²) in [4.78, 5) is 25.4. The van der Waals surface area contributed by atoms with Crippen LogP contribution in [0.3, 0.4) is 0 Å². The molecule has 55 atom stereocenters. The van der Waals surface area contributed by atoms with Gasteiger partial charge in [0, 0.05) is 13.8 Å². The summed E-state index contributed by atoms with van der Waals surface area (Å²) in [7, 11) is 0. The van der Waals surface area contributed by atoms with Crippen LogP contribution in [-0.4, -0.2) is 591 Å². The molecule has 744 valence electrons. The van der Waals surface area contributed by atoms with E-state index in [0.29, 0.717) is 0 Å². The third-order valence-electron chi connectivity index (χ3n) is 23.8. The van der Waals surface area contributed by atoms with Gasteiger partial charge in [0.1, 0.15) is 268 Å². The van der Waals surface area contributed by atoms with Crippen LogP contribution in [0.5, 0.6) is 0 Å². The summed E-state index contributed by atoms with van der Waals surface area (Å²) in [6, 6.07) is -3.71. The number of aliphatic hydroxyl groups excluding tert-OH is 33. The highest BCUT2D eigenvalue weighted by molar-refractivity contribution is 5.73. The molecule has 0 aromatic carbocycles. The summed E-state index contributed by atoms with van der Waals surface area (Å²) >= 11 is 0. The summed E-state index contributed by atoms with van der Waals surface area (Å²) in [6.45, 7) is -10.9. The fourth-order valence-corrected chi connectivity index (χ4v) is 16.5. The second-order valence-corrected chi connectivity index (χ2v) is 32.3. The molecule has 0 radical (unpaired) electrons. The average Bonchev–Trinajstić information content (AvgIpc) is 0.758. The molecule has 11 fully saturated rings. The first-order valence-corrected chi connectivity index (χ1v) is 40.7. The standard InChI is InChI=1S/C70H118N2O56/c1-14(82)71-27-38(93)52(23(10-80)110-60(27)107)121-61-28(72-15(2)83)39(94)53(24(11-81)118-61)122-66-51(106)55(124-69-59(46(101)35(90)21(8-78)116-69)128-70-58(45(100)34(89)22(9-79)117-70)127-65-49(104)42(97)31(86)18(5-75)113-65)37(92)26(120-66)12-108-62-50(105)54(123-68-57(44(99)33(88)20(7-77)115-68)126-64-48(103)41(96)30(85)17(4-74)112-64)36(91)25(119-62)13-109-67-56(43(98)32(87)19(6-76)114-67)125-63-47(102)40(95)29(84)16(3-73)111-63/h16-70,73-81,84-107H,3-13H2,1-2H3,(H,71,82)(H,72,83)/t16-,17-,18-,19-,20-,21-,22-,23-,24-,25-,26-,27-,28-,29-,30-,31-,32-,33-,34-,35-,36-,37-,38-,39-,40+,41+,42+,43+,44+,45+,46+,47+,48+,49+,50+,51+,52-,53-,54+,55+,56+,57+,58+,59+,60-,61+,62-,63-,64-,65-,66+,67+,68-,69-,70-/m1/s1. The molecule has 58 nitrogen and oxygen atoms in total. The molecule has 11 saturated heterocycles. The van der Waals surface area contributed by atoms with Gasteiger partial charge in [-0.15, -0.1) is 0 Å². The van der Waals surface area contributed by atoms with Gasteiger partial charge in [-0.1, -0.05) is 0 Å². The van der Waals surface area contributed by atoms with Crippen LogP contribution in [0.1, 0.15) is 13.8 Å². The first-order valence-electron chi connectivity index (χ1n) is 40.7. The lowest BCUT2D eigenvalue weighted by atomic mass is 9.94. The van der Waals surface area contributed by atoms with Gasteiger partial charge in [-0.25, -0.2) is 0 Å². The lowest BCUT2D eigenvalue weighted by molar-refractivity contribution is -0.408. The maximum Gasteiger partial charge on any atom is 0.217 e. The predicted molar refractivity (Wildman–Crippen MR) is 386 cm³/mol. The van der Waals surface area contributed by atoms with Crippen molar-refractivity contribution in [1.82, 2.24) is 10.6 Å². The number of hydrogen-bond donors (Lipinski definition) is 35. The Morgan fingerprint density at radius 2 is 0.430 bits per heavy atom. The lowest BCUT2D eigenvalue weighted by Crippen LogP contribution is -2.70. The lowest BCUT2D eigenvalue weighted by Gasteiger charge is -2.51. The molecule has 0 aromatic rings. The van der Waals surface area contributed by atoms with Gasteiger partial charge in [0.25, 0.3) is 0 Å². The largest absolute Gasteiger partial charge is 0.394 e. The third kappa shape index (κ3) is 22.5. The molecular weight excluding hydrogens is 1760 g/mol. The maximum absolute atomic E-state index is 13.1. The molecule has 128 heavy (non-hydrogen) atoms. The van der Waals surface area contributed by atoms with Crippen LogP contribution in [0.2, 0.25) is 0 Å². The Morgan fingerprint density at radius 1 is 0.203 bits per heavy atom. The smallest absolute Gasteiger partial charge is 0.217 e. The molecule has 58 heteroatoms. The van der Waals surface area contributed by atoms with E-state index in [-0.39, 0.29) is 0 Å². The predicted octanol–water partition coefficient (Wildman–Crippen LogP) is -24.7. The highest BCUT2D eigenvalue weighted by Crippen LogP contribution is 2.42. The van der Waals surface area contributed by atoms with Gasteiger partial charge in [0.15, 0.2) is 69.2 Å². The summed E-state index contributed by atoms with van der Waals surface area (Å²) in [6.07, 6.45) is -117. The second kappa shape index (κ2) is 45.8. The SMILES string of the molecule is CC(=O)N[C@@H]1[C@@H](O)[C@H](O[C@@H]2O[C@H](CO)[C@@H](O[C@@H]3O[C@H](CO[C@@H]4O[C@H](CO[C@H]5O[C@H](CO)[C@@H](O)[C@H](O)[C@@H]5O[C@H]5O[C@H](CO)[C@@H](O)[C@H](O)[C@@H]5O)[C@@H](O)[C@H](O[C@H]5O[C@H](CO)[C@@H](O)[C@H](O)[C@@H]5O[C@H]5O[C@H](CO)[C@@H](O)[C@H](O)[C@@H]5O)[C@@H]4O)[C@@H](O)[C@H](O[C@H]4O[C@H](CO)[C@@H](O)[C@H](O)[C@@H]4O[C@H]4O[C@H](CO)[C@@H](O)[C@H](O)[C@@H]4O[C@H]4O[C@H](CO)[C@@H](O)[C@H](O)[C@@H]4O)[C@@H]3O)[C@H](O)[C@H]2NC(C)=O)[C@@H](CO)O[C@H]1O. The van der Waals surface area contributed by atoms with E-state index in [9.17, 15) is 178 Å². The van der Waals surface area contributed by atoms with Crippen LogP contribution in [0.4, 0.5) is 0 Å². The van der Waals surface area contributed by atoms with Gasteiger partial charge < -0.3 is 279 Å². The number of ether oxygens (including phenoxy) is 21. The van der Waals surface area contributed by atoms with Gasteiger partial charge in [-0.3, -0.25) is 9.59 Å². The number of carbonyl (C=O) groups excluding carboxylic acids is 2. The Hall–Kier alpha value is -3.22. The molecule has 0 unspecified atom stereocenters.